The van der Waals surface area contributed by atoms with Gasteiger partial charge < -0.3 is 14.7 Å². The van der Waals surface area contributed by atoms with E-state index in [9.17, 15) is 0 Å². The Morgan fingerprint density at radius 1 is 0.347 bits per heavy atom. The second-order valence-corrected chi connectivity index (χ2v) is 21.5. The molecule has 0 N–H and O–H groups in total. The maximum Gasteiger partial charge on any atom is 0.0547 e. The number of anilines is 9. The smallest absolute Gasteiger partial charge is 0.0547 e. The highest BCUT2D eigenvalue weighted by atomic mass is 32.1. The van der Waals surface area contributed by atoms with Gasteiger partial charge in [0, 0.05) is 76.3 Å². The monoisotopic (exact) mass is 975 g/mol. The van der Waals surface area contributed by atoms with Gasteiger partial charge in [0.05, 0.1) is 11.4 Å². The van der Waals surface area contributed by atoms with Crippen LogP contribution in [0.4, 0.5) is 51.2 Å². The minimum absolute atomic E-state index is 0.111. The Hall–Kier alpha value is -9.22. The molecule has 0 amide bonds. The zero-order chi connectivity index (χ0) is 49.8. The highest BCUT2D eigenvalue weighted by molar-refractivity contribution is 7.25. The number of thiophene rings is 1. The zero-order valence-corrected chi connectivity index (χ0v) is 42.4. The predicted molar refractivity (Wildman–Crippen MR) is 320 cm³/mol. The van der Waals surface area contributed by atoms with E-state index in [1.165, 1.54) is 97.6 Å². The molecular weight excluding hydrogens is 927 g/mol. The van der Waals surface area contributed by atoms with Crippen molar-refractivity contribution < 1.29 is 0 Å². The lowest BCUT2D eigenvalue weighted by atomic mass is 9.82. The molecule has 75 heavy (non-hydrogen) atoms. The van der Waals surface area contributed by atoms with E-state index in [0.717, 1.165) is 39.8 Å². The van der Waals surface area contributed by atoms with Gasteiger partial charge in [0.1, 0.15) is 0 Å². The van der Waals surface area contributed by atoms with Gasteiger partial charge in [-0.05, 0) is 170 Å². The fraction of sp³-hybridized carbons (Fsp3) is 0.0423. The molecule has 15 rings (SSSR count). The maximum absolute atomic E-state index is 2.50. The van der Waals surface area contributed by atoms with E-state index in [2.05, 4.69) is 289 Å². The number of fused-ring (bicyclic) bond motifs is 10. The highest BCUT2D eigenvalue weighted by Crippen LogP contribution is 2.56. The molecule has 13 aromatic rings. The van der Waals surface area contributed by atoms with Crippen molar-refractivity contribution in [3.63, 3.8) is 0 Å². The minimum Gasteiger partial charge on any atom is -0.310 e. The minimum atomic E-state index is -0.111. The Labute approximate surface area is 441 Å². The van der Waals surface area contributed by atoms with E-state index >= 15 is 0 Å². The van der Waals surface area contributed by atoms with Gasteiger partial charge in [-0.1, -0.05) is 159 Å². The van der Waals surface area contributed by atoms with Gasteiger partial charge in [0.2, 0.25) is 0 Å². The molecule has 0 saturated heterocycles. The Morgan fingerprint density at radius 2 is 0.893 bits per heavy atom. The Morgan fingerprint density at radius 3 is 1.63 bits per heavy atom. The van der Waals surface area contributed by atoms with Crippen molar-refractivity contribution >= 4 is 104 Å². The van der Waals surface area contributed by atoms with Gasteiger partial charge >= 0.3 is 0 Å². The van der Waals surface area contributed by atoms with E-state index in [1.54, 1.807) is 0 Å². The first-order chi connectivity index (χ1) is 37.0. The molecular formula is C71H49N3S. The van der Waals surface area contributed by atoms with Crippen LogP contribution in [0.2, 0.25) is 0 Å². The van der Waals surface area contributed by atoms with Gasteiger partial charge in [-0.15, -0.1) is 11.3 Å². The topological polar surface area (TPSA) is 9.72 Å². The second-order valence-electron chi connectivity index (χ2n) is 20.5. The number of benzene rings is 12. The van der Waals surface area contributed by atoms with Gasteiger partial charge in [0.15, 0.2) is 0 Å². The van der Waals surface area contributed by atoms with E-state index in [0.29, 0.717) is 0 Å². The second kappa shape index (κ2) is 16.9. The van der Waals surface area contributed by atoms with Gasteiger partial charge in [-0.2, -0.15) is 0 Å². The van der Waals surface area contributed by atoms with Crippen LogP contribution in [-0.2, 0) is 5.41 Å². The molecule has 354 valence electrons. The third-order valence-corrected chi connectivity index (χ3v) is 17.1. The number of hydrogen-bond acceptors (Lipinski definition) is 4. The Kier molecular flexibility index (Phi) is 9.79. The summed E-state index contributed by atoms with van der Waals surface area (Å²) < 4.78 is 2.56. The average Bonchev–Trinajstić information content (AvgIpc) is 3.96. The number of rotatable bonds is 8. The molecule has 0 fully saturated rings. The molecule has 12 aromatic carbocycles. The van der Waals surface area contributed by atoms with Crippen molar-refractivity contribution in [1.82, 2.24) is 0 Å². The molecule has 0 saturated carbocycles. The molecule has 0 radical (unpaired) electrons. The van der Waals surface area contributed by atoms with Gasteiger partial charge in [-0.3, -0.25) is 0 Å². The zero-order valence-electron chi connectivity index (χ0n) is 41.6. The van der Waals surface area contributed by atoms with Gasteiger partial charge in [-0.25, -0.2) is 0 Å². The summed E-state index contributed by atoms with van der Waals surface area (Å²) in [6, 6.07) is 96.4. The lowest BCUT2D eigenvalue weighted by molar-refractivity contribution is 0.660. The van der Waals surface area contributed by atoms with Crippen molar-refractivity contribution in [3.8, 4) is 33.4 Å². The summed E-state index contributed by atoms with van der Waals surface area (Å²) in [6.45, 7) is 4.72. The van der Waals surface area contributed by atoms with E-state index in [-0.39, 0.29) is 5.41 Å². The maximum atomic E-state index is 2.50. The number of para-hydroxylation sites is 3. The molecule has 2 heterocycles. The molecule has 1 aliphatic heterocycles. The third-order valence-electron chi connectivity index (χ3n) is 15.9. The lowest BCUT2D eigenvalue weighted by Crippen LogP contribution is -2.17. The largest absolute Gasteiger partial charge is 0.310 e. The molecule has 2 aliphatic rings. The van der Waals surface area contributed by atoms with Crippen LogP contribution in [0.1, 0.15) is 25.0 Å². The normalized spacial score (nSPS) is 13.0. The lowest BCUT2D eigenvalue weighted by Gasteiger charge is -2.35. The molecule has 1 aromatic heterocycles. The van der Waals surface area contributed by atoms with Crippen molar-refractivity contribution in [1.29, 1.82) is 0 Å². The highest BCUT2D eigenvalue weighted by Gasteiger charge is 2.36. The third kappa shape index (κ3) is 6.80. The summed E-state index contributed by atoms with van der Waals surface area (Å²) in [5.41, 5.74) is 20.5. The fourth-order valence-electron chi connectivity index (χ4n) is 12.5. The molecule has 0 unspecified atom stereocenters. The van der Waals surface area contributed by atoms with Crippen LogP contribution in [-0.4, -0.2) is 0 Å². The van der Waals surface area contributed by atoms with Crippen LogP contribution in [0.3, 0.4) is 0 Å². The van der Waals surface area contributed by atoms with Crippen LogP contribution in [0.25, 0.3) is 75.1 Å². The van der Waals surface area contributed by atoms with Crippen LogP contribution in [0, 0.1) is 0 Å². The first-order valence-corrected chi connectivity index (χ1v) is 26.7. The Balaban J connectivity index is 0.867. The van der Waals surface area contributed by atoms with Crippen molar-refractivity contribution in [3.05, 3.63) is 272 Å². The van der Waals surface area contributed by atoms with Crippen molar-refractivity contribution in [2.75, 3.05) is 14.7 Å². The van der Waals surface area contributed by atoms with E-state index in [1.807, 2.05) is 11.3 Å². The summed E-state index contributed by atoms with van der Waals surface area (Å²) in [7, 11) is 0. The first kappa shape index (κ1) is 43.4. The quantitative estimate of drug-likeness (QED) is 0.150. The summed E-state index contributed by atoms with van der Waals surface area (Å²) in [5.74, 6) is 0. The molecule has 4 heteroatoms. The Bertz CT molecular complexity index is 4350. The summed E-state index contributed by atoms with van der Waals surface area (Å²) in [5, 5.41) is 7.51. The molecule has 0 bridgehead atoms. The summed E-state index contributed by atoms with van der Waals surface area (Å²) in [6.07, 6.45) is 0. The molecule has 3 nitrogen and oxygen atoms in total. The molecule has 0 atom stereocenters. The number of hydrogen-bond donors (Lipinski definition) is 0. The molecule has 1 aliphatic carbocycles. The van der Waals surface area contributed by atoms with Gasteiger partial charge in [0.25, 0.3) is 0 Å². The van der Waals surface area contributed by atoms with E-state index < -0.39 is 0 Å². The summed E-state index contributed by atoms with van der Waals surface area (Å²) in [4.78, 5) is 7.25. The SMILES string of the molecule is CC1(C)c2ccccc2-c2ccc(N(c3ccccc3)c3ccc(N4c5ccc6ccccc6c5-c5ccc(-c6ccc7sc8ccc(N(c9ccccc9)c9ccccc9)cc8c7c6)c6cccc4c56)cc3)cc21. The van der Waals surface area contributed by atoms with Crippen LogP contribution in [0.15, 0.2) is 261 Å². The predicted octanol–water partition coefficient (Wildman–Crippen LogP) is 20.7. The van der Waals surface area contributed by atoms with Crippen LogP contribution >= 0.6 is 11.3 Å². The average molecular weight is 976 g/mol. The first-order valence-electron chi connectivity index (χ1n) is 25.9. The fourth-order valence-corrected chi connectivity index (χ4v) is 13.5. The van der Waals surface area contributed by atoms with Crippen LogP contribution in [0.5, 0.6) is 0 Å². The standard InChI is InChI=1S/C71H49N3S/c1-71(2)63-27-15-14-25-57(63)58-37-35-54(45-64(58)71)73(50-22-10-5-11-23-50)51-31-33-52(34-32-51)74-65-28-16-26-59-55(38-39-60(70(59)65)69-56-24-13-12-17-46(56)29-40-66(69)74)47-30-41-67-61(43-47)62-44-53(36-42-68(62)75-67)72(48-18-6-3-7-19-48)49-20-8-4-9-21-49/h3-45H,1-2H3. The van der Waals surface area contributed by atoms with Crippen LogP contribution < -0.4 is 14.7 Å². The number of nitrogens with zero attached hydrogens (tertiary/aromatic N) is 3. The molecule has 0 spiro atoms. The van der Waals surface area contributed by atoms with Crippen molar-refractivity contribution in [2.24, 2.45) is 0 Å². The summed E-state index contributed by atoms with van der Waals surface area (Å²) >= 11 is 1.86. The van der Waals surface area contributed by atoms with Crippen molar-refractivity contribution in [2.45, 2.75) is 19.3 Å². The van der Waals surface area contributed by atoms with E-state index in [4.69, 9.17) is 0 Å².